The predicted octanol–water partition coefficient (Wildman–Crippen LogP) is 4.19. The summed E-state index contributed by atoms with van der Waals surface area (Å²) in [6, 6.07) is 14.6. The Kier molecular flexibility index (Phi) is 5.19. The van der Waals surface area contributed by atoms with Gasteiger partial charge in [0, 0.05) is 29.2 Å². The summed E-state index contributed by atoms with van der Waals surface area (Å²) in [5.41, 5.74) is 2.69. The van der Waals surface area contributed by atoms with Crippen LogP contribution in [-0.4, -0.2) is 23.3 Å². The highest BCUT2D eigenvalue weighted by Gasteiger charge is 2.19. The first-order valence-electron chi connectivity index (χ1n) is 8.14. The lowest BCUT2D eigenvalue weighted by molar-refractivity contribution is -0.120. The van der Waals surface area contributed by atoms with Crippen molar-refractivity contribution in [3.8, 4) is 0 Å². The van der Waals surface area contributed by atoms with Crippen LogP contribution in [0.2, 0.25) is 5.02 Å². The molecule has 1 aromatic heterocycles. The van der Waals surface area contributed by atoms with E-state index in [0.717, 1.165) is 10.9 Å². The van der Waals surface area contributed by atoms with Crippen LogP contribution in [0.25, 0.3) is 10.9 Å². The van der Waals surface area contributed by atoms with Crippen LogP contribution >= 0.6 is 11.6 Å². The van der Waals surface area contributed by atoms with Crippen LogP contribution in [0, 0.1) is 6.92 Å². The summed E-state index contributed by atoms with van der Waals surface area (Å²) in [5, 5.41) is 4.30. The third kappa shape index (κ3) is 3.68. The Hall–Kier alpha value is -2.92. The number of carbonyl (C=O) groups is 2. The minimum Gasteiger partial charge on any atom is -0.324 e. The average molecular weight is 368 g/mol. The van der Waals surface area contributed by atoms with Crippen LogP contribution in [0.4, 0.5) is 11.4 Å². The van der Waals surface area contributed by atoms with Gasteiger partial charge >= 0.3 is 0 Å². The highest BCUT2D eigenvalue weighted by molar-refractivity contribution is 6.31. The van der Waals surface area contributed by atoms with Gasteiger partial charge in [-0.2, -0.15) is 0 Å². The molecule has 0 aliphatic carbocycles. The maximum atomic E-state index is 12.5. The van der Waals surface area contributed by atoms with E-state index in [1.807, 2.05) is 31.2 Å². The molecule has 0 spiro atoms. The monoisotopic (exact) mass is 367 g/mol. The van der Waals surface area contributed by atoms with Crippen LogP contribution in [0.1, 0.15) is 12.5 Å². The molecule has 0 fully saturated rings. The Balaban J connectivity index is 1.88. The first kappa shape index (κ1) is 17.9. The SMILES string of the molecule is CC(=O)N(CC(=O)Nc1cccc(Cl)c1C)c1cccc2cccnc12. The van der Waals surface area contributed by atoms with E-state index in [2.05, 4.69) is 10.3 Å². The standard InChI is InChI=1S/C20H18ClN3O2/c1-13-16(21)8-4-9-17(13)23-19(26)12-24(14(2)25)18-10-3-6-15-7-5-11-22-20(15)18/h3-11H,12H2,1-2H3,(H,23,26). The second-order valence-corrected chi connectivity index (χ2v) is 6.33. The summed E-state index contributed by atoms with van der Waals surface area (Å²) in [4.78, 5) is 30.5. The number of carbonyl (C=O) groups excluding carboxylic acids is 2. The number of benzene rings is 2. The number of para-hydroxylation sites is 1. The van der Waals surface area contributed by atoms with Gasteiger partial charge in [0.2, 0.25) is 11.8 Å². The van der Waals surface area contributed by atoms with Crippen molar-refractivity contribution in [1.29, 1.82) is 0 Å². The number of halogens is 1. The number of nitrogens with zero attached hydrogens (tertiary/aromatic N) is 2. The molecule has 0 aliphatic rings. The summed E-state index contributed by atoms with van der Waals surface area (Å²) >= 11 is 6.09. The fourth-order valence-electron chi connectivity index (χ4n) is 2.75. The van der Waals surface area contributed by atoms with Gasteiger partial charge in [-0.05, 0) is 36.8 Å². The molecule has 1 N–H and O–H groups in total. The van der Waals surface area contributed by atoms with Crippen molar-refractivity contribution in [2.45, 2.75) is 13.8 Å². The predicted molar refractivity (Wildman–Crippen MR) is 105 cm³/mol. The van der Waals surface area contributed by atoms with Gasteiger partial charge in [-0.15, -0.1) is 0 Å². The molecule has 2 amide bonds. The van der Waals surface area contributed by atoms with Gasteiger partial charge in [-0.3, -0.25) is 14.6 Å². The summed E-state index contributed by atoms with van der Waals surface area (Å²) in [7, 11) is 0. The second kappa shape index (κ2) is 7.54. The third-order valence-corrected chi connectivity index (χ3v) is 4.54. The summed E-state index contributed by atoms with van der Waals surface area (Å²) < 4.78 is 0. The van der Waals surface area contributed by atoms with E-state index in [1.54, 1.807) is 30.5 Å². The Morgan fingerprint density at radius 2 is 1.85 bits per heavy atom. The van der Waals surface area contributed by atoms with Crippen LogP contribution in [0.5, 0.6) is 0 Å². The maximum Gasteiger partial charge on any atom is 0.244 e. The minimum absolute atomic E-state index is 0.114. The van der Waals surface area contributed by atoms with Crippen molar-refractivity contribution in [3.05, 3.63) is 65.3 Å². The normalized spacial score (nSPS) is 10.6. The summed E-state index contributed by atoms with van der Waals surface area (Å²) in [6.45, 7) is 3.14. The average Bonchev–Trinajstić information content (AvgIpc) is 2.63. The molecule has 26 heavy (non-hydrogen) atoms. The maximum absolute atomic E-state index is 12.5. The van der Waals surface area contributed by atoms with E-state index >= 15 is 0 Å². The van der Waals surface area contributed by atoms with Crippen molar-refractivity contribution in [1.82, 2.24) is 4.98 Å². The summed E-state index contributed by atoms with van der Waals surface area (Å²) in [5.74, 6) is -0.542. The molecule has 2 aromatic carbocycles. The number of amides is 2. The number of aromatic nitrogens is 1. The van der Waals surface area contributed by atoms with Crippen LogP contribution in [0.3, 0.4) is 0 Å². The zero-order valence-electron chi connectivity index (χ0n) is 14.5. The lowest BCUT2D eigenvalue weighted by Crippen LogP contribution is -2.37. The van der Waals surface area contributed by atoms with Gasteiger partial charge < -0.3 is 10.2 Å². The number of rotatable bonds is 4. The minimum atomic E-state index is -0.307. The first-order chi connectivity index (χ1) is 12.5. The summed E-state index contributed by atoms with van der Waals surface area (Å²) in [6.07, 6.45) is 1.67. The Labute approximate surface area is 156 Å². The van der Waals surface area contributed by atoms with Crippen molar-refractivity contribution >= 4 is 45.7 Å². The lowest BCUT2D eigenvalue weighted by Gasteiger charge is -2.22. The van der Waals surface area contributed by atoms with Crippen molar-refractivity contribution in [2.24, 2.45) is 0 Å². The molecule has 0 unspecified atom stereocenters. The van der Waals surface area contributed by atoms with Crippen molar-refractivity contribution in [2.75, 3.05) is 16.8 Å². The van der Waals surface area contributed by atoms with Gasteiger partial charge in [0.25, 0.3) is 0 Å². The zero-order chi connectivity index (χ0) is 18.7. The van der Waals surface area contributed by atoms with Gasteiger partial charge in [0.15, 0.2) is 0 Å². The third-order valence-electron chi connectivity index (χ3n) is 4.13. The molecular weight excluding hydrogens is 350 g/mol. The van der Waals surface area contributed by atoms with E-state index in [0.29, 0.717) is 21.9 Å². The van der Waals surface area contributed by atoms with E-state index in [1.165, 1.54) is 11.8 Å². The smallest absolute Gasteiger partial charge is 0.244 e. The zero-order valence-corrected chi connectivity index (χ0v) is 15.2. The Bertz CT molecular complexity index is 982. The molecule has 0 saturated carbocycles. The molecule has 0 aliphatic heterocycles. The molecule has 0 radical (unpaired) electrons. The molecule has 1 heterocycles. The van der Waals surface area contributed by atoms with Crippen LogP contribution in [0.15, 0.2) is 54.7 Å². The largest absolute Gasteiger partial charge is 0.324 e. The molecule has 0 bridgehead atoms. The van der Waals surface area contributed by atoms with Crippen molar-refractivity contribution in [3.63, 3.8) is 0 Å². The van der Waals surface area contributed by atoms with Gasteiger partial charge in [0.1, 0.15) is 6.54 Å². The molecule has 6 heteroatoms. The molecule has 0 atom stereocenters. The van der Waals surface area contributed by atoms with E-state index in [9.17, 15) is 9.59 Å². The van der Waals surface area contributed by atoms with E-state index in [4.69, 9.17) is 11.6 Å². The van der Waals surface area contributed by atoms with Gasteiger partial charge in [-0.1, -0.05) is 35.9 Å². The molecule has 132 valence electrons. The lowest BCUT2D eigenvalue weighted by atomic mass is 10.1. The number of hydrogen-bond acceptors (Lipinski definition) is 3. The number of pyridine rings is 1. The Morgan fingerprint density at radius 3 is 2.62 bits per heavy atom. The fourth-order valence-corrected chi connectivity index (χ4v) is 2.92. The number of anilines is 2. The quantitative estimate of drug-likeness (QED) is 0.752. The number of hydrogen-bond donors (Lipinski definition) is 1. The van der Waals surface area contributed by atoms with Gasteiger partial charge in [-0.25, -0.2) is 0 Å². The van der Waals surface area contributed by atoms with Crippen LogP contribution in [-0.2, 0) is 9.59 Å². The molecule has 0 saturated heterocycles. The van der Waals surface area contributed by atoms with E-state index < -0.39 is 0 Å². The van der Waals surface area contributed by atoms with Crippen LogP contribution < -0.4 is 10.2 Å². The second-order valence-electron chi connectivity index (χ2n) is 5.92. The molecule has 3 aromatic rings. The highest BCUT2D eigenvalue weighted by Crippen LogP contribution is 2.26. The van der Waals surface area contributed by atoms with Gasteiger partial charge in [0.05, 0.1) is 11.2 Å². The topological polar surface area (TPSA) is 62.3 Å². The number of fused-ring (bicyclic) bond motifs is 1. The van der Waals surface area contributed by atoms with Crippen molar-refractivity contribution < 1.29 is 9.59 Å². The molecule has 3 rings (SSSR count). The first-order valence-corrected chi connectivity index (χ1v) is 8.52. The molecule has 5 nitrogen and oxygen atoms in total. The number of nitrogens with one attached hydrogen (secondary N) is 1. The fraction of sp³-hybridized carbons (Fsp3) is 0.150. The van der Waals surface area contributed by atoms with E-state index in [-0.39, 0.29) is 18.4 Å². The Morgan fingerprint density at radius 1 is 1.12 bits per heavy atom. The highest BCUT2D eigenvalue weighted by atomic mass is 35.5. The molecular formula is C20H18ClN3O2.